The summed E-state index contributed by atoms with van der Waals surface area (Å²) in [6.45, 7) is 5.23. The van der Waals surface area contributed by atoms with Crippen LogP contribution in [0.1, 0.15) is 25.3 Å². The number of para-hydroxylation sites is 1. The summed E-state index contributed by atoms with van der Waals surface area (Å²) < 4.78 is 0. The zero-order valence-electron chi connectivity index (χ0n) is 8.59. The molecular formula is C11H18N2. The van der Waals surface area contributed by atoms with Gasteiger partial charge in [-0.25, -0.2) is 0 Å². The number of rotatable bonds is 4. The molecule has 0 aromatic heterocycles. The minimum absolute atomic E-state index is 0.570. The number of anilines is 1. The molecule has 0 fully saturated rings. The maximum absolute atomic E-state index is 3.33. The molecule has 0 spiro atoms. The van der Waals surface area contributed by atoms with Gasteiger partial charge in [0.15, 0.2) is 0 Å². The van der Waals surface area contributed by atoms with Crippen LogP contribution in [0.4, 0.5) is 5.69 Å². The normalized spacial score (nSPS) is 10.5. The summed E-state index contributed by atoms with van der Waals surface area (Å²) in [6.07, 6.45) is 0. The number of hydrogen-bond acceptors (Lipinski definition) is 2. The van der Waals surface area contributed by atoms with Crippen molar-refractivity contribution in [2.45, 2.75) is 19.8 Å². The lowest BCUT2D eigenvalue weighted by atomic mass is 10.0. The molecule has 2 N–H and O–H groups in total. The van der Waals surface area contributed by atoms with Crippen molar-refractivity contribution < 1.29 is 0 Å². The van der Waals surface area contributed by atoms with E-state index < -0.39 is 0 Å². The van der Waals surface area contributed by atoms with Crippen molar-refractivity contribution in [3.63, 3.8) is 0 Å². The minimum Gasteiger partial charge on any atom is -0.372 e. The molecule has 1 rings (SSSR count). The fourth-order valence-electron chi connectivity index (χ4n) is 1.35. The molecule has 0 saturated heterocycles. The van der Waals surface area contributed by atoms with Crippen LogP contribution in [0.2, 0.25) is 0 Å². The molecule has 0 heterocycles. The minimum atomic E-state index is 0.570. The fourth-order valence-corrected chi connectivity index (χ4v) is 1.35. The molecule has 1 aromatic carbocycles. The average Bonchev–Trinajstić information content (AvgIpc) is 2.15. The molecule has 0 bridgehead atoms. The zero-order chi connectivity index (χ0) is 9.68. The Balaban J connectivity index is 2.78. The Morgan fingerprint density at radius 2 is 1.92 bits per heavy atom. The van der Waals surface area contributed by atoms with Gasteiger partial charge in [0.2, 0.25) is 0 Å². The highest BCUT2D eigenvalue weighted by atomic mass is 15.0. The maximum atomic E-state index is 3.33. The van der Waals surface area contributed by atoms with Gasteiger partial charge < -0.3 is 10.6 Å². The van der Waals surface area contributed by atoms with Gasteiger partial charge in [-0.15, -0.1) is 0 Å². The molecule has 1 aromatic rings. The Bertz CT molecular complexity index is 256. The Hall–Kier alpha value is -1.02. The lowest BCUT2D eigenvalue weighted by molar-refractivity contribution is 0.844. The van der Waals surface area contributed by atoms with Crippen molar-refractivity contribution in [3.05, 3.63) is 29.8 Å². The molecule has 0 amide bonds. The molecule has 72 valence electrons. The van der Waals surface area contributed by atoms with E-state index in [1.807, 2.05) is 7.05 Å². The van der Waals surface area contributed by atoms with Crippen LogP contribution in [0.5, 0.6) is 0 Å². The quantitative estimate of drug-likeness (QED) is 0.692. The van der Waals surface area contributed by atoms with Crippen molar-refractivity contribution in [2.24, 2.45) is 0 Å². The third-order valence-electron chi connectivity index (χ3n) is 2.04. The summed E-state index contributed by atoms with van der Waals surface area (Å²) in [5.74, 6) is 0.570. The Morgan fingerprint density at radius 3 is 2.54 bits per heavy atom. The predicted octanol–water partition coefficient (Wildman–Crippen LogP) is 2.40. The molecule has 0 radical (unpaired) electrons. The van der Waals surface area contributed by atoms with Gasteiger partial charge in [0.25, 0.3) is 0 Å². The molecule has 2 nitrogen and oxygen atoms in total. The monoisotopic (exact) mass is 178 g/mol. The highest BCUT2D eigenvalue weighted by molar-refractivity contribution is 5.52. The lowest BCUT2D eigenvalue weighted by Crippen LogP contribution is -2.17. The van der Waals surface area contributed by atoms with Gasteiger partial charge in [0.05, 0.1) is 6.67 Å². The van der Waals surface area contributed by atoms with Gasteiger partial charge in [0.1, 0.15) is 0 Å². The predicted molar refractivity (Wildman–Crippen MR) is 58.1 cm³/mol. The van der Waals surface area contributed by atoms with E-state index in [2.05, 4.69) is 48.7 Å². The van der Waals surface area contributed by atoms with E-state index in [0.717, 1.165) is 6.67 Å². The van der Waals surface area contributed by atoms with Gasteiger partial charge in [-0.2, -0.15) is 0 Å². The second kappa shape index (κ2) is 4.87. The van der Waals surface area contributed by atoms with E-state index in [9.17, 15) is 0 Å². The number of hydrogen-bond donors (Lipinski definition) is 2. The molecule has 2 heteroatoms. The van der Waals surface area contributed by atoms with Gasteiger partial charge in [-0.3, -0.25) is 0 Å². The van der Waals surface area contributed by atoms with Crippen molar-refractivity contribution >= 4 is 5.69 Å². The summed E-state index contributed by atoms with van der Waals surface area (Å²) >= 11 is 0. The molecule has 0 aliphatic carbocycles. The first-order valence-electron chi connectivity index (χ1n) is 4.73. The summed E-state index contributed by atoms with van der Waals surface area (Å²) in [5.41, 5.74) is 2.60. The molecular weight excluding hydrogens is 160 g/mol. The summed E-state index contributed by atoms with van der Waals surface area (Å²) in [6, 6.07) is 8.43. The zero-order valence-corrected chi connectivity index (χ0v) is 8.59. The number of benzene rings is 1. The third-order valence-corrected chi connectivity index (χ3v) is 2.04. The van der Waals surface area contributed by atoms with Crippen molar-refractivity contribution in [3.8, 4) is 0 Å². The van der Waals surface area contributed by atoms with E-state index in [0.29, 0.717) is 5.92 Å². The first kappa shape index (κ1) is 10.1. The maximum Gasteiger partial charge on any atom is 0.0650 e. The van der Waals surface area contributed by atoms with Crippen LogP contribution >= 0.6 is 0 Å². The van der Waals surface area contributed by atoms with Crippen LogP contribution in [0.15, 0.2) is 24.3 Å². The van der Waals surface area contributed by atoms with E-state index >= 15 is 0 Å². The Kier molecular flexibility index (Phi) is 3.77. The average molecular weight is 178 g/mol. The second-order valence-electron chi connectivity index (χ2n) is 3.45. The summed E-state index contributed by atoms with van der Waals surface area (Å²) in [5, 5.41) is 6.40. The van der Waals surface area contributed by atoms with E-state index in [1.165, 1.54) is 11.3 Å². The summed E-state index contributed by atoms with van der Waals surface area (Å²) in [4.78, 5) is 0. The van der Waals surface area contributed by atoms with Gasteiger partial charge in [-0.1, -0.05) is 32.0 Å². The largest absolute Gasteiger partial charge is 0.372 e. The smallest absolute Gasteiger partial charge is 0.0650 e. The van der Waals surface area contributed by atoms with Crippen molar-refractivity contribution in [1.29, 1.82) is 0 Å². The first-order chi connectivity index (χ1) is 6.25. The van der Waals surface area contributed by atoms with Crippen LogP contribution in [-0.2, 0) is 0 Å². The van der Waals surface area contributed by atoms with Gasteiger partial charge in [-0.05, 0) is 24.6 Å². The van der Waals surface area contributed by atoms with Crippen LogP contribution in [0, 0.1) is 0 Å². The molecule has 13 heavy (non-hydrogen) atoms. The fraction of sp³-hybridized carbons (Fsp3) is 0.455. The first-order valence-corrected chi connectivity index (χ1v) is 4.73. The highest BCUT2D eigenvalue weighted by Gasteiger charge is 2.03. The topological polar surface area (TPSA) is 24.1 Å². The SMILES string of the molecule is CNCNc1ccccc1C(C)C. The highest BCUT2D eigenvalue weighted by Crippen LogP contribution is 2.22. The van der Waals surface area contributed by atoms with E-state index in [-0.39, 0.29) is 0 Å². The standard InChI is InChI=1S/C11H18N2/c1-9(2)10-6-4-5-7-11(10)13-8-12-3/h4-7,9,12-13H,8H2,1-3H3. The van der Waals surface area contributed by atoms with Crippen LogP contribution in [-0.4, -0.2) is 13.7 Å². The van der Waals surface area contributed by atoms with Crippen LogP contribution < -0.4 is 10.6 Å². The van der Waals surface area contributed by atoms with Crippen LogP contribution in [0.25, 0.3) is 0 Å². The summed E-state index contributed by atoms with van der Waals surface area (Å²) in [7, 11) is 1.94. The van der Waals surface area contributed by atoms with Gasteiger partial charge in [0, 0.05) is 5.69 Å². The van der Waals surface area contributed by atoms with Crippen LogP contribution in [0.3, 0.4) is 0 Å². The van der Waals surface area contributed by atoms with E-state index in [4.69, 9.17) is 0 Å². The van der Waals surface area contributed by atoms with Crippen molar-refractivity contribution in [1.82, 2.24) is 5.32 Å². The Labute approximate surface area is 80.4 Å². The Morgan fingerprint density at radius 1 is 1.23 bits per heavy atom. The molecule has 0 aliphatic rings. The second-order valence-corrected chi connectivity index (χ2v) is 3.45. The molecule has 0 atom stereocenters. The third kappa shape index (κ3) is 2.74. The molecule has 0 aliphatic heterocycles. The van der Waals surface area contributed by atoms with Crippen molar-refractivity contribution in [2.75, 3.05) is 19.0 Å². The van der Waals surface area contributed by atoms with E-state index in [1.54, 1.807) is 0 Å². The molecule has 0 unspecified atom stereocenters. The lowest BCUT2D eigenvalue weighted by Gasteiger charge is -2.13. The van der Waals surface area contributed by atoms with Gasteiger partial charge >= 0.3 is 0 Å². The number of nitrogens with one attached hydrogen (secondary N) is 2. The molecule has 0 saturated carbocycles.